The summed E-state index contributed by atoms with van der Waals surface area (Å²) in [5.74, 6) is -0.595. The number of nitrogens with zero attached hydrogens (tertiary/aromatic N) is 2. The number of ether oxygens (including phenoxy) is 1. The minimum atomic E-state index is -0.975. The van der Waals surface area contributed by atoms with E-state index in [0.29, 0.717) is 38.2 Å². The molecule has 2 rings (SSSR count). The van der Waals surface area contributed by atoms with Crippen LogP contribution >= 0.6 is 0 Å². The predicted octanol–water partition coefficient (Wildman–Crippen LogP) is 1.33. The van der Waals surface area contributed by atoms with E-state index in [1.807, 2.05) is 0 Å². The van der Waals surface area contributed by atoms with Crippen LogP contribution in [0.25, 0.3) is 0 Å². The van der Waals surface area contributed by atoms with Gasteiger partial charge in [0.15, 0.2) is 0 Å². The summed E-state index contributed by atoms with van der Waals surface area (Å²) in [6.07, 6.45) is -0.636. The Kier molecular flexibility index (Phi) is 6.43. The molecule has 0 saturated carbocycles. The predicted molar refractivity (Wildman–Crippen MR) is 99.5 cm³/mol. The maximum atomic E-state index is 12.5. The number of esters is 1. The Labute approximate surface area is 158 Å². The monoisotopic (exact) mass is 377 g/mol. The normalized spacial score (nSPS) is 16.0. The molecule has 8 heteroatoms. The smallest absolute Gasteiger partial charge is 0.407 e. The highest BCUT2D eigenvalue weighted by Gasteiger charge is 2.27. The largest absolute Gasteiger partial charge is 0.465 e. The lowest BCUT2D eigenvalue weighted by Gasteiger charge is -2.34. The first-order valence-corrected chi connectivity index (χ1v) is 8.91. The summed E-state index contributed by atoms with van der Waals surface area (Å²) in [7, 11) is 0. The Morgan fingerprint density at radius 2 is 1.59 bits per heavy atom. The molecule has 0 radical (unpaired) electrons. The van der Waals surface area contributed by atoms with Crippen molar-refractivity contribution in [3.63, 3.8) is 0 Å². The zero-order valence-corrected chi connectivity index (χ0v) is 16.0. The van der Waals surface area contributed by atoms with Crippen molar-refractivity contribution in [1.29, 1.82) is 0 Å². The first-order chi connectivity index (χ1) is 12.6. The van der Waals surface area contributed by atoms with E-state index in [2.05, 4.69) is 0 Å². The summed E-state index contributed by atoms with van der Waals surface area (Å²) >= 11 is 0. The SMILES string of the molecule is CC(C)(C)OC(=O)c1ccc(C[C@H](N)C(=O)N2CCN(C(=O)O)CC2)cc1. The molecule has 0 unspecified atom stereocenters. The molecule has 1 aromatic rings. The second-order valence-electron chi connectivity index (χ2n) is 7.60. The zero-order valence-electron chi connectivity index (χ0n) is 16.0. The van der Waals surface area contributed by atoms with Crippen LogP contribution in [-0.2, 0) is 16.0 Å². The molecule has 8 nitrogen and oxygen atoms in total. The summed E-state index contributed by atoms with van der Waals surface area (Å²) in [5.41, 5.74) is 6.77. The van der Waals surface area contributed by atoms with Gasteiger partial charge in [0.1, 0.15) is 5.60 Å². The third-order valence-electron chi connectivity index (χ3n) is 4.22. The highest BCUT2D eigenvalue weighted by Crippen LogP contribution is 2.14. The number of hydrogen-bond acceptors (Lipinski definition) is 5. The fraction of sp³-hybridized carbons (Fsp3) is 0.526. The molecular formula is C19H27N3O5. The van der Waals surface area contributed by atoms with E-state index in [4.69, 9.17) is 15.6 Å². The molecule has 1 aliphatic heterocycles. The van der Waals surface area contributed by atoms with Crippen molar-refractivity contribution in [2.75, 3.05) is 26.2 Å². The summed E-state index contributed by atoms with van der Waals surface area (Å²) in [6.45, 7) is 6.68. The van der Waals surface area contributed by atoms with Gasteiger partial charge in [0, 0.05) is 26.2 Å². The number of carboxylic acid groups (broad SMARTS) is 1. The summed E-state index contributed by atoms with van der Waals surface area (Å²) in [6, 6.07) is 6.12. The number of carbonyl (C=O) groups excluding carboxylic acids is 2. The first-order valence-electron chi connectivity index (χ1n) is 8.91. The maximum absolute atomic E-state index is 12.5. The minimum absolute atomic E-state index is 0.198. The van der Waals surface area contributed by atoms with E-state index in [0.717, 1.165) is 5.56 Å². The average molecular weight is 377 g/mol. The van der Waals surface area contributed by atoms with Crippen molar-refractivity contribution in [1.82, 2.24) is 9.80 Å². The number of piperazine rings is 1. The molecule has 1 aromatic carbocycles. The molecule has 0 bridgehead atoms. The number of rotatable bonds is 4. The van der Waals surface area contributed by atoms with Crippen LogP contribution < -0.4 is 5.73 Å². The van der Waals surface area contributed by atoms with Gasteiger partial charge < -0.3 is 25.4 Å². The lowest BCUT2D eigenvalue weighted by molar-refractivity contribution is -0.134. The van der Waals surface area contributed by atoms with Gasteiger partial charge in [-0.2, -0.15) is 0 Å². The lowest BCUT2D eigenvalue weighted by atomic mass is 10.0. The molecule has 1 atom stereocenters. The highest BCUT2D eigenvalue weighted by atomic mass is 16.6. The van der Waals surface area contributed by atoms with Crippen molar-refractivity contribution in [3.05, 3.63) is 35.4 Å². The van der Waals surface area contributed by atoms with Gasteiger partial charge in [0.25, 0.3) is 0 Å². The van der Waals surface area contributed by atoms with E-state index >= 15 is 0 Å². The molecule has 2 amide bonds. The number of amides is 2. The third kappa shape index (κ3) is 5.96. The highest BCUT2D eigenvalue weighted by molar-refractivity contribution is 5.89. The Morgan fingerprint density at radius 1 is 1.07 bits per heavy atom. The van der Waals surface area contributed by atoms with Crippen LogP contribution in [-0.4, -0.2) is 70.7 Å². The zero-order chi connectivity index (χ0) is 20.2. The van der Waals surface area contributed by atoms with Crippen molar-refractivity contribution in [2.24, 2.45) is 5.73 Å². The number of benzene rings is 1. The molecule has 1 fully saturated rings. The molecular weight excluding hydrogens is 350 g/mol. The van der Waals surface area contributed by atoms with Crippen LogP contribution in [0.4, 0.5) is 4.79 Å². The van der Waals surface area contributed by atoms with Gasteiger partial charge in [0.05, 0.1) is 11.6 Å². The average Bonchev–Trinajstić information content (AvgIpc) is 2.60. The van der Waals surface area contributed by atoms with Crippen LogP contribution in [0.5, 0.6) is 0 Å². The van der Waals surface area contributed by atoms with Crippen molar-refractivity contribution in [2.45, 2.75) is 38.8 Å². The van der Waals surface area contributed by atoms with E-state index < -0.39 is 23.7 Å². The first kappa shape index (κ1) is 20.7. The Morgan fingerprint density at radius 3 is 2.07 bits per heavy atom. The number of hydrogen-bond donors (Lipinski definition) is 2. The van der Waals surface area contributed by atoms with Crippen LogP contribution in [0.1, 0.15) is 36.7 Å². The second-order valence-corrected chi connectivity index (χ2v) is 7.60. The van der Waals surface area contributed by atoms with Gasteiger partial charge in [0.2, 0.25) is 5.91 Å². The Bertz CT molecular complexity index is 688. The number of carbonyl (C=O) groups is 3. The van der Waals surface area contributed by atoms with Crippen molar-refractivity contribution < 1.29 is 24.2 Å². The Hall–Kier alpha value is -2.61. The standard InChI is InChI=1S/C19H27N3O5/c1-19(2,3)27-17(24)14-6-4-13(5-7-14)12-15(20)16(23)21-8-10-22(11-9-21)18(25)26/h4-7,15H,8-12,20H2,1-3H3,(H,25,26)/t15-/m0/s1. The summed E-state index contributed by atoms with van der Waals surface area (Å²) < 4.78 is 5.32. The minimum Gasteiger partial charge on any atom is -0.465 e. The van der Waals surface area contributed by atoms with E-state index in [9.17, 15) is 14.4 Å². The van der Waals surface area contributed by atoms with Gasteiger partial charge in [-0.25, -0.2) is 9.59 Å². The van der Waals surface area contributed by atoms with Crippen molar-refractivity contribution in [3.8, 4) is 0 Å². The van der Waals surface area contributed by atoms with Crippen LogP contribution in [0, 0.1) is 0 Å². The quantitative estimate of drug-likeness (QED) is 0.766. The second kappa shape index (κ2) is 8.39. The van der Waals surface area contributed by atoms with Crippen LogP contribution in [0.15, 0.2) is 24.3 Å². The molecule has 0 aromatic heterocycles. The molecule has 0 spiro atoms. The molecule has 148 valence electrons. The fourth-order valence-electron chi connectivity index (χ4n) is 2.81. The van der Waals surface area contributed by atoms with Crippen molar-refractivity contribution >= 4 is 18.0 Å². The maximum Gasteiger partial charge on any atom is 0.407 e. The summed E-state index contributed by atoms with van der Waals surface area (Å²) in [5, 5.41) is 8.96. The van der Waals surface area contributed by atoms with Gasteiger partial charge in [-0.1, -0.05) is 12.1 Å². The molecule has 1 aliphatic rings. The fourth-order valence-corrected chi connectivity index (χ4v) is 2.81. The van der Waals surface area contributed by atoms with Gasteiger partial charge in [-0.3, -0.25) is 4.79 Å². The Balaban J connectivity index is 1.90. The summed E-state index contributed by atoms with van der Waals surface area (Å²) in [4.78, 5) is 38.3. The van der Waals surface area contributed by atoms with E-state index in [-0.39, 0.29) is 5.91 Å². The van der Waals surface area contributed by atoms with Crippen LogP contribution in [0.2, 0.25) is 0 Å². The molecule has 27 heavy (non-hydrogen) atoms. The third-order valence-corrected chi connectivity index (χ3v) is 4.22. The molecule has 1 heterocycles. The molecule has 3 N–H and O–H groups in total. The van der Waals surface area contributed by atoms with Gasteiger partial charge in [-0.15, -0.1) is 0 Å². The van der Waals surface area contributed by atoms with Gasteiger partial charge in [-0.05, 0) is 44.9 Å². The topological polar surface area (TPSA) is 113 Å². The molecule has 0 aliphatic carbocycles. The van der Waals surface area contributed by atoms with E-state index in [1.54, 1.807) is 49.9 Å². The molecule has 1 saturated heterocycles. The number of nitrogens with two attached hydrogens (primary N) is 1. The van der Waals surface area contributed by atoms with Gasteiger partial charge >= 0.3 is 12.1 Å². The lowest BCUT2D eigenvalue weighted by Crippen LogP contribution is -2.54. The van der Waals surface area contributed by atoms with E-state index in [1.165, 1.54) is 4.90 Å². The van der Waals surface area contributed by atoms with Crippen LogP contribution in [0.3, 0.4) is 0 Å².